The first kappa shape index (κ1) is 11.6. The van der Waals surface area contributed by atoms with Crippen LogP contribution < -0.4 is 11.3 Å². The fourth-order valence-electron chi connectivity index (χ4n) is 2.97. The average molecular weight is 222 g/mol. The molecule has 3 unspecified atom stereocenters. The number of aromatic nitrogens is 2. The molecule has 0 aliphatic heterocycles. The molecule has 0 aromatic carbocycles. The zero-order valence-electron chi connectivity index (χ0n) is 10.2. The molecule has 0 amide bonds. The Bertz CT molecular complexity index is 334. The van der Waals surface area contributed by atoms with E-state index in [4.69, 9.17) is 5.84 Å². The first-order valence-corrected chi connectivity index (χ1v) is 6.25. The lowest BCUT2D eigenvalue weighted by atomic mass is 9.88. The molecule has 1 aliphatic carbocycles. The van der Waals surface area contributed by atoms with Gasteiger partial charge in [0.25, 0.3) is 0 Å². The molecule has 1 saturated carbocycles. The molecule has 4 nitrogen and oxygen atoms in total. The fourth-order valence-corrected chi connectivity index (χ4v) is 2.97. The van der Waals surface area contributed by atoms with Gasteiger partial charge in [-0.15, -0.1) is 0 Å². The van der Waals surface area contributed by atoms with Crippen molar-refractivity contribution in [2.75, 3.05) is 0 Å². The van der Waals surface area contributed by atoms with Gasteiger partial charge in [0.2, 0.25) is 0 Å². The van der Waals surface area contributed by atoms with Gasteiger partial charge in [0, 0.05) is 12.7 Å². The number of hydrogen-bond donors (Lipinski definition) is 2. The van der Waals surface area contributed by atoms with E-state index in [0.717, 1.165) is 12.5 Å². The van der Waals surface area contributed by atoms with Crippen LogP contribution in [0.1, 0.15) is 44.8 Å². The van der Waals surface area contributed by atoms with Crippen LogP contribution >= 0.6 is 0 Å². The summed E-state index contributed by atoms with van der Waals surface area (Å²) in [6.07, 6.45) is 5.78. The minimum atomic E-state index is 0.250. The van der Waals surface area contributed by atoms with Crippen LogP contribution in [0.15, 0.2) is 12.3 Å². The third kappa shape index (κ3) is 1.99. The second-order valence-electron chi connectivity index (χ2n) is 4.79. The predicted molar refractivity (Wildman–Crippen MR) is 64.5 cm³/mol. The molecule has 0 saturated heterocycles. The van der Waals surface area contributed by atoms with Crippen molar-refractivity contribution in [2.45, 2.75) is 45.7 Å². The number of rotatable bonds is 4. The summed E-state index contributed by atoms with van der Waals surface area (Å²) in [5, 5.41) is 4.32. The van der Waals surface area contributed by atoms with Crippen molar-refractivity contribution in [3.8, 4) is 0 Å². The Morgan fingerprint density at radius 2 is 2.44 bits per heavy atom. The van der Waals surface area contributed by atoms with E-state index in [2.05, 4.69) is 30.4 Å². The largest absolute Gasteiger partial charge is 0.271 e. The molecule has 0 radical (unpaired) electrons. The van der Waals surface area contributed by atoms with E-state index in [1.54, 1.807) is 0 Å². The molecule has 1 aromatic heterocycles. The van der Waals surface area contributed by atoms with Crippen molar-refractivity contribution in [1.29, 1.82) is 0 Å². The highest BCUT2D eigenvalue weighted by Gasteiger charge is 2.32. The molecule has 16 heavy (non-hydrogen) atoms. The van der Waals surface area contributed by atoms with Crippen LogP contribution in [0.5, 0.6) is 0 Å². The Kier molecular flexibility index (Phi) is 3.61. The molecule has 3 N–H and O–H groups in total. The third-order valence-electron chi connectivity index (χ3n) is 3.90. The lowest BCUT2D eigenvalue weighted by Crippen LogP contribution is -2.36. The minimum absolute atomic E-state index is 0.250. The number of nitrogens with zero attached hydrogens (tertiary/aromatic N) is 2. The Labute approximate surface area is 97.2 Å². The van der Waals surface area contributed by atoms with E-state index < -0.39 is 0 Å². The van der Waals surface area contributed by atoms with Gasteiger partial charge in [-0.3, -0.25) is 16.0 Å². The Hall–Kier alpha value is -0.870. The highest BCUT2D eigenvalue weighted by molar-refractivity contribution is 5.09. The molecule has 90 valence electrons. The molecule has 4 heteroatoms. The van der Waals surface area contributed by atoms with Crippen LogP contribution in [0.2, 0.25) is 0 Å². The summed E-state index contributed by atoms with van der Waals surface area (Å²) < 4.78 is 2.04. The van der Waals surface area contributed by atoms with Crippen molar-refractivity contribution in [1.82, 2.24) is 15.2 Å². The number of aryl methyl sites for hydroxylation is 1. The van der Waals surface area contributed by atoms with Crippen LogP contribution in [-0.4, -0.2) is 9.78 Å². The number of hydrazine groups is 1. The van der Waals surface area contributed by atoms with Crippen molar-refractivity contribution in [2.24, 2.45) is 17.7 Å². The summed E-state index contributed by atoms with van der Waals surface area (Å²) in [6, 6.07) is 2.33. The van der Waals surface area contributed by atoms with Crippen molar-refractivity contribution in [3.05, 3.63) is 18.0 Å². The monoisotopic (exact) mass is 222 g/mol. The van der Waals surface area contributed by atoms with Gasteiger partial charge in [-0.25, -0.2) is 0 Å². The maximum atomic E-state index is 5.74. The van der Waals surface area contributed by atoms with Gasteiger partial charge in [-0.1, -0.05) is 19.8 Å². The SMILES string of the molecule is CCn1nccc1C(NN)C1CCCC1C. The van der Waals surface area contributed by atoms with Crippen molar-refractivity contribution in [3.63, 3.8) is 0 Å². The molecule has 0 bridgehead atoms. The van der Waals surface area contributed by atoms with Crippen LogP contribution in [-0.2, 0) is 6.54 Å². The van der Waals surface area contributed by atoms with Crippen molar-refractivity contribution < 1.29 is 0 Å². The van der Waals surface area contributed by atoms with Crippen LogP contribution in [0.25, 0.3) is 0 Å². The molecule has 1 fully saturated rings. The van der Waals surface area contributed by atoms with Gasteiger partial charge < -0.3 is 0 Å². The Morgan fingerprint density at radius 1 is 1.62 bits per heavy atom. The highest BCUT2D eigenvalue weighted by Crippen LogP contribution is 2.39. The van der Waals surface area contributed by atoms with Crippen LogP contribution in [0, 0.1) is 11.8 Å². The summed E-state index contributed by atoms with van der Waals surface area (Å²) in [5.41, 5.74) is 4.22. The number of nitrogens with two attached hydrogens (primary N) is 1. The van der Waals surface area contributed by atoms with Gasteiger partial charge in [-0.2, -0.15) is 5.10 Å². The smallest absolute Gasteiger partial charge is 0.0659 e. The lowest BCUT2D eigenvalue weighted by molar-refractivity contribution is 0.290. The van der Waals surface area contributed by atoms with E-state index in [1.165, 1.54) is 25.0 Å². The number of nitrogens with one attached hydrogen (secondary N) is 1. The zero-order chi connectivity index (χ0) is 11.5. The minimum Gasteiger partial charge on any atom is -0.271 e. The predicted octanol–water partition coefficient (Wildman–Crippen LogP) is 1.84. The Morgan fingerprint density at radius 3 is 3.00 bits per heavy atom. The van der Waals surface area contributed by atoms with Gasteiger partial charge >= 0.3 is 0 Å². The standard InChI is InChI=1S/C12H22N4/c1-3-16-11(7-8-14-16)12(15-13)10-6-4-5-9(10)2/h7-10,12,15H,3-6,13H2,1-2H3. The zero-order valence-corrected chi connectivity index (χ0v) is 10.2. The topological polar surface area (TPSA) is 55.9 Å². The van der Waals surface area contributed by atoms with Crippen LogP contribution in [0.3, 0.4) is 0 Å². The summed E-state index contributed by atoms with van der Waals surface area (Å²) in [5.74, 6) is 7.14. The summed E-state index contributed by atoms with van der Waals surface area (Å²) >= 11 is 0. The molecule has 1 aliphatic rings. The van der Waals surface area contributed by atoms with Crippen LogP contribution in [0.4, 0.5) is 0 Å². The molecule has 3 atom stereocenters. The third-order valence-corrected chi connectivity index (χ3v) is 3.90. The molecule has 1 heterocycles. The van der Waals surface area contributed by atoms with Gasteiger partial charge in [-0.05, 0) is 31.2 Å². The molecular weight excluding hydrogens is 200 g/mol. The average Bonchev–Trinajstić information content (AvgIpc) is 2.90. The fraction of sp³-hybridized carbons (Fsp3) is 0.750. The summed E-state index contributed by atoms with van der Waals surface area (Å²) in [7, 11) is 0. The molecule has 0 spiro atoms. The molecule has 1 aromatic rings. The first-order valence-electron chi connectivity index (χ1n) is 6.25. The van der Waals surface area contributed by atoms with Crippen molar-refractivity contribution >= 4 is 0 Å². The highest BCUT2D eigenvalue weighted by atomic mass is 15.3. The quantitative estimate of drug-likeness (QED) is 0.604. The molecule has 2 rings (SSSR count). The second-order valence-corrected chi connectivity index (χ2v) is 4.79. The van der Waals surface area contributed by atoms with Gasteiger partial charge in [0.15, 0.2) is 0 Å². The van der Waals surface area contributed by atoms with E-state index >= 15 is 0 Å². The van der Waals surface area contributed by atoms with Gasteiger partial charge in [0.05, 0.1) is 11.7 Å². The van der Waals surface area contributed by atoms with E-state index in [0.29, 0.717) is 5.92 Å². The number of hydrogen-bond acceptors (Lipinski definition) is 3. The summed E-state index contributed by atoms with van der Waals surface area (Å²) in [6.45, 7) is 5.35. The second kappa shape index (κ2) is 4.97. The summed E-state index contributed by atoms with van der Waals surface area (Å²) in [4.78, 5) is 0. The maximum absolute atomic E-state index is 5.74. The normalized spacial score (nSPS) is 27.2. The maximum Gasteiger partial charge on any atom is 0.0659 e. The molecular formula is C12H22N4. The van der Waals surface area contributed by atoms with Gasteiger partial charge in [0.1, 0.15) is 0 Å². The Balaban J connectivity index is 2.21. The van der Waals surface area contributed by atoms with E-state index in [1.807, 2.05) is 10.9 Å². The van der Waals surface area contributed by atoms with E-state index in [-0.39, 0.29) is 6.04 Å². The first-order chi connectivity index (χ1) is 7.77. The van der Waals surface area contributed by atoms with E-state index in [9.17, 15) is 0 Å². The lowest BCUT2D eigenvalue weighted by Gasteiger charge is -2.26.